The van der Waals surface area contributed by atoms with Gasteiger partial charge in [0, 0.05) is 5.02 Å². The van der Waals surface area contributed by atoms with Crippen LogP contribution in [-0.2, 0) is 0 Å². The molecule has 1 unspecified atom stereocenters. The van der Waals surface area contributed by atoms with Gasteiger partial charge in [0.25, 0.3) is 0 Å². The second kappa shape index (κ2) is 4.09. The maximum Gasteiger partial charge on any atom is 0.0624 e. The molecule has 0 fully saturated rings. The number of benzene rings is 1. The monoisotopic (exact) mass is 199 g/mol. The van der Waals surface area contributed by atoms with Crippen LogP contribution in [0, 0.1) is 13.8 Å². The van der Waals surface area contributed by atoms with E-state index in [1.807, 2.05) is 26.0 Å². The summed E-state index contributed by atoms with van der Waals surface area (Å²) in [6.45, 7) is 3.89. The smallest absolute Gasteiger partial charge is 0.0624 e. The molecule has 1 aromatic carbocycles. The second-order valence-electron chi connectivity index (χ2n) is 3.23. The van der Waals surface area contributed by atoms with Crippen LogP contribution >= 0.6 is 11.6 Å². The van der Waals surface area contributed by atoms with Crippen molar-refractivity contribution < 1.29 is 5.11 Å². The highest BCUT2D eigenvalue weighted by atomic mass is 35.5. The van der Waals surface area contributed by atoms with Gasteiger partial charge < -0.3 is 10.8 Å². The Balaban J connectivity index is 3.13. The minimum Gasteiger partial charge on any atom is -0.394 e. The first-order chi connectivity index (χ1) is 6.06. The number of hydrogen-bond acceptors (Lipinski definition) is 2. The van der Waals surface area contributed by atoms with Crippen LogP contribution in [0.1, 0.15) is 22.7 Å². The van der Waals surface area contributed by atoms with Gasteiger partial charge in [0.1, 0.15) is 0 Å². The molecule has 1 aromatic rings. The summed E-state index contributed by atoms with van der Waals surface area (Å²) in [7, 11) is 0. The van der Waals surface area contributed by atoms with Crippen molar-refractivity contribution in [3.8, 4) is 0 Å². The van der Waals surface area contributed by atoms with Crippen molar-refractivity contribution in [3.63, 3.8) is 0 Å². The third-order valence-electron chi connectivity index (χ3n) is 2.25. The zero-order chi connectivity index (χ0) is 10.0. The molecule has 72 valence electrons. The van der Waals surface area contributed by atoms with Gasteiger partial charge in [-0.05, 0) is 36.6 Å². The molecule has 0 saturated carbocycles. The van der Waals surface area contributed by atoms with E-state index in [-0.39, 0.29) is 12.6 Å². The third-order valence-corrected chi connectivity index (χ3v) is 2.64. The zero-order valence-electron chi connectivity index (χ0n) is 7.84. The molecule has 1 rings (SSSR count). The number of nitrogens with two attached hydrogens (primary N) is 1. The van der Waals surface area contributed by atoms with Crippen LogP contribution in [0.3, 0.4) is 0 Å². The Morgan fingerprint density at radius 1 is 1.46 bits per heavy atom. The number of aliphatic hydroxyl groups excluding tert-OH is 1. The normalized spacial score (nSPS) is 13.0. The standard InChI is InChI=1S/C10H14ClNO/c1-6-3-8(10(12)5-13)4-9(11)7(6)2/h3-4,10,13H,5,12H2,1-2H3. The van der Waals surface area contributed by atoms with Crippen LogP contribution in [0.25, 0.3) is 0 Å². The maximum atomic E-state index is 8.87. The molecule has 0 aliphatic rings. The number of aryl methyl sites for hydroxylation is 1. The summed E-state index contributed by atoms with van der Waals surface area (Å²) in [5.41, 5.74) is 8.73. The lowest BCUT2D eigenvalue weighted by molar-refractivity contribution is 0.268. The molecule has 0 aliphatic heterocycles. The first kappa shape index (κ1) is 10.5. The van der Waals surface area contributed by atoms with Crippen molar-refractivity contribution in [1.82, 2.24) is 0 Å². The van der Waals surface area contributed by atoms with Crippen LogP contribution in [-0.4, -0.2) is 11.7 Å². The molecule has 0 spiro atoms. The Bertz CT molecular complexity index is 289. The molecule has 0 amide bonds. The van der Waals surface area contributed by atoms with E-state index in [4.69, 9.17) is 22.4 Å². The van der Waals surface area contributed by atoms with Crippen LogP contribution in [0.15, 0.2) is 12.1 Å². The van der Waals surface area contributed by atoms with Crippen molar-refractivity contribution in [2.75, 3.05) is 6.61 Å². The quantitative estimate of drug-likeness (QED) is 0.765. The third kappa shape index (κ3) is 2.21. The van der Waals surface area contributed by atoms with Crippen molar-refractivity contribution in [2.24, 2.45) is 5.73 Å². The Morgan fingerprint density at radius 2 is 2.08 bits per heavy atom. The van der Waals surface area contributed by atoms with Gasteiger partial charge in [-0.3, -0.25) is 0 Å². The molecule has 13 heavy (non-hydrogen) atoms. The van der Waals surface area contributed by atoms with Gasteiger partial charge in [0.15, 0.2) is 0 Å². The Labute approximate surface area is 83.3 Å². The van der Waals surface area contributed by atoms with Gasteiger partial charge in [-0.2, -0.15) is 0 Å². The minimum absolute atomic E-state index is 0.0567. The SMILES string of the molecule is Cc1cc(C(N)CO)cc(Cl)c1C. The van der Waals surface area contributed by atoms with Crippen LogP contribution in [0.2, 0.25) is 5.02 Å². The summed E-state index contributed by atoms with van der Waals surface area (Å²) in [5.74, 6) is 0. The molecule has 0 aliphatic carbocycles. The predicted molar refractivity (Wildman–Crippen MR) is 54.9 cm³/mol. The van der Waals surface area contributed by atoms with E-state index in [2.05, 4.69) is 0 Å². The predicted octanol–water partition coefficient (Wildman–Crippen LogP) is 1.95. The fraction of sp³-hybridized carbons (Fsp3) is 0.400. The van der Waals surface area contributed by atoms with E-state index < -0.39 is 0 Å². The number of rotatable bonds is 2. The minimum atomic E-state index is -0.336. The highest BCUT2D eigenvalue weighted by Gasteiger charge is 2.08. The molecule has 3 heteroatoms. The topological polar surface area (TPSA) is 46.2 Å². The molecule has 0 saturated heterocycles. The Hall–Kier alpha value is -0.570. The largest absolute Gasteiger partial charge is 0.394 e. The molecule has 1 atom stereocenters. The molecule has 0 bridgehead atoms. The first-order valence-electron chi connectivity index (χ1n) is 4.19. The summed E-state index contributed by atoms with van der Waals surface area (Å²) in [6, 6.07) is 3.43. The summed E-state index contributed by atoms with van der Waals surface area (Å²) < 4.78 is 0. The lowest BCUT2D eigenvalue weighted by Gasteiger charge is -2.12. The average Bonchev–Trinajstić information content (AvgIpc) is 2.12. The molecular formula is C10H14ClNO. The lowest BCUT2D eigenvalue weighted by Crippen LogP contribution is -2.14. The van der Waals surface area contributed by atoms with Crippen LogP contribution in [0.4, 0.5) is 0 Å². The van der Waals surface area contributed by atoms with E-state index in [1.165, 1.54) is 0 Å². The molecular weight excluding hydrogens is 186 g/mol. The first-order valence-corrected chi connectivity index (χ1v) is 4.57. The number of aliphatic hydroxyl groups is 1. The molecule has 0 radical (unpaired) electrons. The van der Waals surface area contributed by atoms with Crippen LogP contribution in [0.5, 0.6) is 0 Å². The highest BCUT2D eigenvalue weighted by Crippen LogP contribution is 2.23. The summed E-state index contributed by atoms with van der Waals surface area (Å²) in [5, 5.41) is 9.58. The molecule has 2 nitrogen and oxygen atoms in total. The van der Waals surface area contributed by atoms with Gasteiger partial charge in [0.05, 0.1) is 12.6 Å². The second-order valence-corrected chi connectivity index (χ2v) is 3.64. The van der Waals surface area contributed by atoms with Crippen molar-refractivity contribution >= 4 is 11.6 Å². The maximum absolute atomic E-state index is 8.87. The van der Waals surface area contributed by atoms with E-state index in [1.54, 1.807) is 0 Å². The van der Waals surface area contributed by atoms with Crippen molar-refractivity contribution in [2.45, 2.75) is 19.9 Å². The van der Waals surface area contributed by atoms with Gasteiger partial charge in [-0.1, -0.05) is 17.7 Å². The zero-order valence-corrected chi connectivity index (χ0v) is 8.60. The lowest BCUT2D eigenvalue weighted by atomic mass is 10.0. The Kier molecular flexibility index (Phi) is 3.31. The van der Waals surface area contributed by atoms with Crippen molar-refractivity contribution in [1.29, 1.82) is 0 Å². The Morgan fingerprint density at radius 3 is 2.54 bits per heavy atom. The van der Waals surface area contributed by atoms with Gasteiger partial charge in [-0.15, -0.1) is 0 Å². The fourth-order valence-electron chi connectivity index (χ4n) is 1.16. The summed E-state index contributed by atoms with van der Waals surface area (Å²) in [4.78, 5) is 0. The van der Waals surface area contributed by atoms with Crippen LogP contribution < -0.4 is 5.73 Å². The summed E-state index contributed by atoms with van der Waals surface area (Å²) >= 11 is 5.98. The van der Waals surface area contributed by atoms with E-state index >= 15 is 0 Å². The average molecular weight is 200 g/mol. The van der Waals surface area contributed by atoms with Gasteiger partial charge >= 0.3 is 0 Å². The number of halogens is 1. The number of hydrogen-bond donors (Lipinski definition) is 2. The van der Waals surface area contributed by atoms with E-state index in [9.17, 15) is 0 Å². The molecule has 0 aromatic heterocycles. The highest BCUT2D eigenvalue weighted by molar-refractivity contribution is 6.31. The summed E-state index contributed by atoms with van der Waals surface area (Å²) in [6.07, 6.45) is 0. The van der Waals surface area contributed by atoms with Gasteiger partial charge in [0.2, 0.25) is 0 Å². The van der Waals surface area contributed by atoms with Crippen molar-refractivity contribution in [3.05, 3.63) is 33.8 Å². The molecule has 3 N–H and O–H groups in total. The van der Waals surface area contributed by atoms with E-state index in [0.29, 0.717) is 5.02 Å². The molecule has 0 heterocycles. The van der Waals surface area contributed by atoms with E-state index in [0.717, 1.165) is 16.7 Å². The van der Waals surface area contributed by atoms with Gasteiger partial charge in [-0.25, -0.2) is 0 Å². The fourth-order valence-corrected chi connectivity index (χ4v) is 1.44.